The zero-order valence-corrected chi connectivity index (χ0v) is 14.7. The van der Waals surface area contributed by atoms with Crippen molar-refractivity contribution in [3.8, 4) is 11.5 Å². The Labute approximate surface area is 147 Å². The minimum atomic E-state index is -0.120. The van der Waals surface area contributed by atoms with Crippen molar-refractivity contribution < 1.29 is 13.9 Å². The summed E-state index contributed by atoms with van der Waals surface area (Å²) in [5.41, 5.74) is 1.20. The van der Waals surface area contributed by atoms with Gasteiger partial charge in [-0.25, -0.2) is 0 Å². The van der Waals surface area contributed by atoms with Crippen molar-refractivity contribution in [1.82, 2.24) is 20.4 Å². The van der Waals surface area contributed by atoms with Crippen molar-refractivity contribution in [2.75, 3.05) is 33.4 Å². The number of rotatable bonds is 7. The van der Waals surface area contributed by atoms with Crippen LogP contribution in [-0.2, 0) is 4.74 Å². The predicted molar refractivity (Wildman–Crippen MR) is 93.3 cm³/mol. The molecule has 1 unspecified atom stereocenters. The van der Waals surface area contributed by atoms with Gasteiger partial charge in [0, 0.05) is 33.2 Å². The van der Waals surface area contributed by atoms with Crippen LogP contribution < -0.4 is 5.32 Å². The van der Waals surface area contributed by atoms with Crippen molar-refractivity contribution >= 4 is 5.91 Å². The molecule has 1 aromatic carbocycles. The molecule has 0 bridgehead atoms. The first-order valence-electron chi connectivity index (χ1n) is 8.59. The highest BCUT2D eigenvalue weighted by Gasteiger charge is 2.25. The van der Waals surface area contributed by atoms with Crippen LogP contribution in [0.4, 0.5) is 0 Å². The molecule has 0 spiro atoms. The number of nitrogens with zero attached hydrogens (tertiary/aromatic N) is 3. The minimum Gasteiger partial charge on any atom is -0.421 e. The topological polar surface area (TPSA) is 80.5 Å². The third kappa shape index (κ3) is 4.24. The van der Waals surface area contributed by atoms with E-state index in [1.54, 1.807) is 20.1 Å². The van der Waals surface area contributed by atoms with Crippen LogP contribution in [0.3, 0.4) is 0 Å². The Morgan fingerprint density at radius 1 is 1.40 bits per heavy atom. The lowest BCUT2D eigenvalue weighted by Gasteiger charge is -2.24. The van der Waals surface area contributed by atoms with Crippen LogP contribution in [0.2, 0.25) is 0 Å². The van der Waals surface area contributed by atoms with Crippen molar-refractivity contribution in [2.45, 2.75) is 25.8 Å². The van der Waals surface area contributed by atoms with E-state index in [1.807, 2.05) is 18.2 Å². The summed E-state index contributed by atoms with van der Waals surface area (Å²) in [5, 5.41) is 10.9. The number of amides is 1. The Morgan fingerprint density at radius 2 is 2.24 bits per heavy atom. The average molecular weight is 344 g/mol. The fourth-order valence-corrected chi connectivity index (χ4v) is 3.21. The largest absolute Gasteiger partial charge is 0.421 e. The first kappa shape index (κ1) is 17.6. The Bertz CT molecular complexity index is 716. The van der Waals surface area contributed by atoms with Gasteiger partial charge in [0.05, 0.1) is 17.7 Å². The van der Waals surface area contributed by atoms with E-state index in [0.29, 0.717) is 42.1 Å². The molecule has 134 valence electrons. The Balaban J connectivity index is 1.66. The maximum atomic E-state index is 12.7. The van der Waals surface area contributed by atoms with E-state index >= 15 is 0 Å². The Kier molecular flexibility index (Phi) is 5.78. The molecule has 2 heterocycles. The minimum absolute atomic E-state index is 0.120. The molecule has 1 fully saturated rings. The fourth-order valence-electron chi connectivity index (χ4n) is 3.21. The van der Waals surface area contributed by atoms with Crippen LogP contribution in [-0.4, -0.2) is 60.4 Å². The molecule has 1 aromatic heterocycles. The highest BCUT2D eigenvalue weighted by atomic mass is 16.5. The van der Waals surface area contributed by atoms with Gasteiger partial charge >= 0.3 is 0 Å². The molecule has 25 heavy (non-hydrogen) atoms. The SMILES string of the molecule is COCCN1CCCC1CNC(=O)c1ccccc1-c1nnc(C)o1. The maximum Gasteiger partial charge on any atom is 0.252 e. The molecule has 7 heteroatoms. The van der Waals surface area contributed by atoms with E-state index in [9.17, 15) is 4.79 Å². The molecule has 1 atom stereocenters. The molecule has 1 N–H and O–H groups in total. The first-order chi connectivity index (χ1) is 12.2. The molecular weight excluding hydrogens is 320 g/mol. The van der Waals surface area contributed by atoms with Gasteiger partial charge in [-0.05, 0) is 31.5 Å². The summed E-state index contributed by atoms with van der Waals surface area (Å²) in [5.74, 6) is 0.723. The van der Waals surface area contributed by atoms with Crippen LogP contribution >= 0.6 is 0 Å². The van der Waals surface area contributed by atoms with Crippen molar-refractivity contribution in [1.29, 1.82) is 0 Å². The second-order valence-corrected chi connectivity index (χ2v) is 6.21. The van der Waals surface area contributed by atoms with Gasteiger partial charge in [0.25, 0.3) is 5.91 Å². The predicted octanol–water partition coefficient (Wildman–Crippen LogP) is 1.89. The van der Waals surface area contributed by atoms with E-state index in [2.05, 4.69) is 20.4 Å². The lowest BCUT2D eigenvalue weighted by molar-refractivity contribution is 0.0933. The summed E-state index contributed by atoms with van der Waals surface area (Å²) in [6.45, 7) is 5.02. The van der Waals surface area contributed by atoms with E-state index in [-0.39, 0.29) is 5.91 Å². The van der Waals surface area contributed by atoms with E-state index in [4.69, 9.17) is 9.15 Å². The third-order valence-corrected chi connectivity index (χ3v) is 4.51. The van der Waals surface area contributed by atoms with Gasteiger partial charge in [-0.1, -0.05) is 12.1 Å². The smallest absolute Gasteiger partial charge is 0.252 e. The van der Waals surface area contributed by atoms with E-state index < -0.39 is 0 Å². The number of carbonyl (C=O) groups excluding carboxylic acids is 1. The van der Waals surface area contributed by atoms with Crippen molar-refractivity contribution in [3.63, 3.8) is 0 Å². The van der Waals surface area contributed by atoms with Gasteiger partial charge in [0.2, 0.25) is 11.8 Å². The number of aromatic nitrogens is 2. The summed E-state index contributed by atoms with van der Waals surface area (Å²) in [4.78, 5) is 15.1. The summed E-state index contributed by atoms with van der Waals surface area (Å²) in [7, 11) is 1.71. The van der Waals surface area contributed by atoms with Gasteiger partial charge < -0.3 is 14.5 Å². The zero-order chi connectivity index (χ0) is 17.6. The standard InChI is InChI=1S/C18H24N4O3/c1-13-20-21-18(25-13)16-8-4-3-7-15(16)17(23)19-12-14-6-5-9-22(14)10-11-24-2/h3-4,7-8,14H,5-6,9-12H2,1-2H3,(H,19,23). The number of benzene rings is 1. The molecule has 3 rings (SSSR count). The molecule has 1 saturated heterocycles. The number of ether oxygens (including phenoxy) is 1. The number of carbonyl (C=O) groups is 1. The molecule has 0 aliphatic carbocycles. The van der Waals surface area contributed by atoms with Crippen LogP contribution in [0.1, 0.15) is 29.1 Å². The number of nitrogens with one attached hydrogen (secondary N) is 1. The summed E-state index contributed by atoms with van der Waals surface area (Å²) in [6.07, 6.45) is 2.25. The lowest BCUT2D eigenvalue weighted by atomic mass is 10.1. The van der Waals surface area contributed by atoms with Gasteiger partial charge in [-0.15, -0.1) is 10.2 Å². The van der Waals surface area contributed by atoms with Crippen LogP contribution in [0.15, 0.2) is 28.7 Å². The average Bonchev–Trinajstić information content (AvgIpc) is 3.26. The highest BCUT2D eigenvalue weighted by Crippen LogP contribution is 2.22. The number of aryl methyl sites for hydroxylation is 1. The summed E-state index contributed by atoms with van der Waals surface area (Å²) < 4.78 is 10.6. The molecule has 0 radical (unpaired) electrons. The normalized spacial score (nSPS) is 17.8. The highest BCUT2D eigenvalue weighted by molar-refractivity contribution is 5.99. The number of likely N-dealkylation sites (tertiary alicyclic amines) is 1. The molecule has 7 nitrogen and oxygen atoms in total. The third-order valence-electron chi connectivity index (χ3n) is 4.51. The van der Waals surface area contributed by atoms with Gasteiger partial charge in [-0.3, -0.25) is 9.69 Å². The van der Waals surface area contributed by atoms with E-state index in [1.165, 1.54) is 0 Å². The molecule has 1 aliphatic rings. The quantitative estimate of drug-likeness (QED) is 0.826. The Morgan fingerprint density at radius 3 is 3.00 bits per heavy atom. The summed E-state index contributed by atoms with van der Waals surface area (Å²) in [6, 6.07) is 7.65. The molecule has 0 saturated carbocycles. The maximum absolute atomic E-state index is 12.7. The molecule has 1 aliphatic heterocycles. The van der Waals surface area contributed by atoms with Gasteiger partial charge in [-0.2, -0.15) is 0 Å². The number of hydrogen-bond acceptors (Lipinski definition) is 6. The number of hydrogen-bond donors (Lipinski definition) is 1. The zero-order valence-electron chi connectivity index (χ0n) is 14.7. The monoisotopic (exact) mass is 344 g/mol. The fraction of sp³-hybridized carbons (Fsp3) is 0.500. The van der Waals surface area contributed by atoms with Gasteiger partial charge in [0.15, 0.2) is 0 Å². The van der Waals surface area contributed by atoms with E-state index in [0.717, 1.165) is 25.9 Å². The number of methoxy groups -OCH3 is 1. The first-order valence-corrected chi connectivity index (χ1v) is 8.59. The van der Waals surface area contributed by atoms with Crippen LogP contribution in [0.25, 0.3) is 11.5 Å². The van der Waals surface area contributed by atoms with Gasteiger partial charge in [0.1, 0.15) is 0 Å². The van der Waals surface area contributed by atoms with Crippen molar-refractivity contribution in [2.24, 2.45) is 0 Å². The summed E-state index contributed by atoms with van der Waals surface area (Å²) >= 11 is 0. The molecule has 2 aromatic rings. The van der Waals surface area contributed by atoms with Crippen LogP contribution in [0.5, 0.6) is 0 Å². The molecular formula is C18H24N4O3. The second-order valence-electron chi connectivity index (χ2n) is 6.21. The second kappa shape index (κ2) is 8.22. The Hall–Kier alpha value is -2.25. The lowest BCUT2D eigenvalue weighted by Crippen LogP contribution is -2.41. The van der Waals surface area contributed by atoms with Crippen molar-refractivity contribution in [3.05, 3.63) is 35.7 Å². The van der Waals surface area contributed by atoms with Crippen LogP contribution in [0, 0.1) is 6.92 Å². The molecule has 1 amide bonds.